The minimum atomic E-state index is -0.446. The van der Waals surface area contributed by atoms with Gasteiger partial charge in [-0.25, -0.2) is 9.79 Å². The zero-order valence-electron chi connectivity index (χ0n) is 32.7. The van der Waals surface area contributed by atoms with Gasteiger partial charge in [-0.1, -0.05) is 12.8 Å². The lowest BCUT2D eigenvalue weighted by Crippen LogP contribution is -2.50. The number of nitrogens with zero attached hydrogens (tertiary/aromatic N) is 6. The summed E-state index contributed by atoms with van der Waals surface area (Å²) in [5, 5.41) is 11.9. The van der Waals surface area contributed by atoms with Crippen molar-refractivity contribution in [2.24, 2.45) is 4.99 Å². The summed E-state index contributed by atoms with van der Waals surface area (Å²) in [5.74, 6) is 0.622. The molecule has 2 aromatic carbocycles. The standard InChI is InChI=1S/C41H52N10O6/c1-47(2)39(55)34-25-29-26-43-40(46-37(29)51(34)32-7-3-4-8-32)44-30-11-9-28(10-12-30)38(54)42-18-5-6-19-48-21-23-49(24-22-48)36(53)27-57-33-15-13-31(14-16-33)50-20-17-35(52)45-41(50)56/h9-16,25-26,32,37H,3-8,17-24,27H2,1-2H3,(H,42,54)(H2,43,44,46)(H,45,52,56). The number of unbranched alkanes of at least 4 members (excludes halogenated alkanes) is 1. The van der Waals surface area contributed by atoms with Crippen LogP contribution in [0.25, 0.3) is 0 Å². The zero-order valence-corrected chi connectivity index (χ0v) is 32.7. The third kappa shape index (κ3) is 9.56. The summed E-state index contributed by atoms with van der Waals surface area (Å²) in [4.78, 5) is 76.6. The van der Waals surface area contributed by atoms with E-state index >= 15 is 0 Å². The molecule has 7 rings (SSSR count). The van der Waals surface area contributed by atoms with Crippen molar-refractivity contribution in [2.45, 2.75) is 57.2 Å². The number of guanidine groups is 1. The van der Waals surface area contributed by atoms with E-state index in [9.17, 15) is 24.0 Å². The van der Waals surface area contributed by atoms with Crippen LogP contribution in [0.3, 0.4) is 0 Å². The molecular weight excluding hydrogens is 729 g/mol. The molecule has 3 fully saturated rings. The van der Waals surface area contributed by atoms with Crippen molar-refractivity contribution in [1.82, 2.24) is 35.6 Å². The van der Waals surface area contributed by atoms with Gasteiger partial charge in [-0.05, 0) is 86.8 Å². The maximum absolute atomic E-state index is 13.0. The number of benzene rings is 2. The first-order chi connectivity index (χ1) is 27.6. The lowest BCUT2D eigenvalue weighted by molar-refractivity contribution is -0.135. The average Bonchev–Trinajstić information content (AvgIpc) is 3.88. The topological polar surface area (TPSA) is 171 Å². The van der Waals surface area contributed by atoms with E-state index in [1.165, 1.54) is 4.90 Å². The van der Waals surface area contributed by atoms with Crippen LogP contribution in [0.1, 0.15) is 55.3 Å². The summed E-state index contributed by atoms with van der Waals surface area (Å²) in [7, 11) is 3.55. The number of fused-ring (bicyclic) bond motifs is 1. The van der Waals surface area contributed by atoms with Gasteiger partial charge in [0.1, 0.15) is 11.4 Å². The number of urea groups is 1. The quantitative estimate of drug-likeness (QED) is 0.222. The van der Waals surface area contributed by atoms with E-state index in [1.807, 2.05) is 29.3 Å². The summed E-state index contributed by atoms with van der Waals surface area (Å²) in [6.07, 6.45) is 10.0. The predicted octanol–water partition coefficient (Wildman–Crippen LogP) is 2.68. The first-order valence-corrected chi connectivity index (χ1v) is 19.9. The molecule has 4 heterocycles. The molecule has 0 aromatic heterocycles. The van der Waals surface area contributed by atoms with Crippen LogP contribution in [0, 0.1) is 0 Å². The van der Waals surface area contributed by atoms with Crippen molar-refractivity contribution >= 4 is 47.0 Å². The summed E-state index contributed by atoms with van der Waals surface area (Å²) >= 11 is 0. The Morgan fingerprint density at radius 1 is 0.930 bits per heavy atom. The van der Waals surface area contributed by atoms with Crippen molar-refractivity contribution in [3.8, 4) is 5.75 Å². The van der Waals surface area contributed by atoms with Crippen molar-refractivity contribution in [3.63, 3.8) is 0 Å². The normalized spacial score (nSPS) is 19.9. The molecule has 0 spiro atoms. The molecule has 302 valence electrons. The van der Waals surface area contributed by atoms with Gasteiger partial charge in [0.25, 0.3) is 17.7 Å². The van der Waals surface area contributed by atoms with Gasteiger partial charge < -0.3 is 35.4 Å². The van der Waals surface area contributed by atoms with Crippen molar-refractivity contribution < 1.29 is 28.7 Å². The van der Waals surface area contributed by atoms with E-state index < -0.39 is 6.03 Å². The Balaban J connectivity index is 0.779. The van der Waals surface area contributed by atoms with E-state index in [0.29, 0.717) is 54.8 Å². The number of carbonyl (C=O) groups excluding carboxylic acids is 5. The van der Waals surface area contributed by atoms with Gasteiger partial charge in [-0.2, -0.15) is 0 Å². The zero-order chi connectivity index (χ0) is 39.9. The van der Waals surface area contributed by atoms with Crippen LogP contribution in [-0.4, -0.2) is 134 Å². The van der Waals surface area contributed by atoms with E-state index in [-0.39, 0.29) is 48.9 Å². The highest BCUT2D eigenvalue weighted by Crippen LogP contribution is 2.37. The maximum atomic E-state index is 13.0. The summed E-state index contributed by atoms with van der Waals surface area (Å²) in [6.45, 7) is 4.52. The molecule has 4 aliphatic heterocycles. The lowest BCUT2D eigenvalue weighted by Gasteiger charge is -2.35. The van der Waals surface area contributed by atoms with Crippen LogP contribution in [0.2, 0.25) is 0 Å². The minimum Gasteiger partial charge on any atom is -0.484 e. The van der Waals surface area contributed by atoms with Gasteiger partial charge >= 0.3 is 6.03 Å². The third-order valence-electron chi connectivity index (χ3n) is 11.0. The fourth-order valence-electron chi connectivity index (χ4n) is 7.81. The van der Waals surface area contributed by atoms with Gasteiger partial charge in [-0.3, -0.25) is 34.3 Å². The maximum Gasteiger partial charge on any atom is 0.328 e. The fourth-order valence-corrected chi connectivity index (χ4v) is 7.81. The molecule has 2 aromatic rings. The van der Waals surface area contributed by atoms with E-state index in [1.54, 1.807) is 55.4 Å². The Labute approximate surface area is 332 Å². The number of hydrogen-bond donors (Lipinski definition) is 4. The van der Waals surface area contributed by atoms with Crippen LogP contribution in [-0.2, 0) is 14.4 Å². The molecule has 1 atom stereocenters. The number of carbonyl (C=O) groups is 5. The van der Waals surface area contributed by atoms with E-state index in [4.69, 9.17) is 9.73 Å². The van der Waals surface area contributed by atoms with Gasteiger partial charge in [0.15, 0.2) is 12.8 Å². The third-order valence-corrected chi connectivity index (χ3v) is 11.0. The smallest absolute Gasteiger partial charge is 0.328 e. The summed E-state index contributed by atoms with van der Waals surface area (Å²) < 4.78 is 5.72. The number of hydrogen-bond acceptors (Lipinski definition) is 11. The summed E-state index contributed by atoms with van der Waals surface area (Å²) in [6, 6.07) is 14.0. The molecule has 0 radical (unpaired) electrons. The van der Waals surface area contributed by atoms with Crippen LogP contribution in [0.4, 0.5) is 16.2 Å². The molecule has 5 aliphatic rings. The molecule has 16 nitrogen and oxygen atoms in total. The Kier molecular flexibility index (Phi) is 12.4. The first-order valence-electron chi connectivity index (χ1n) is 19.9. The first kappa shape index (κ1) is 39.3. The lowest BCUT2D eigenvalue weighted by atomic mass is 10.1. The number of aliphatic imine (C=N–C) groups is 1. The molecule has 6 amide bonds. The number of rotatable bonds is 13. The van der Waals surface area contributed by atoms with Crippen LogP contribution in [0.5, 0.6) is 5.75 Å². The number of anilines is 2. The number of imide groups is 1. The number of nitrogens with one attached hydrogen (secondary N) is 4. The Hall–Kier alpha value is -5.90. The summed E-state index contributed by atoms with van der Waals surface area (Å²) in [5.41, 5.74) is 3.68. The van der Waals surface area contributed by atoms with Crippen molar-refractivity contribution in [2.75, 3.05) is 76.7 Å². The Morgan fingerprint density at radius 2 is 1.67 bits per heavy atom. The van der Waals surface area contributed by atoms with E-state index in [2.05, 4.69) is 31.1 Å². The Morgan fingerprint density at radius 3 is 2.37 bits per heavy atom. The largest absolute Gasteiger partial charge is 0.484 e. The molecule has 16 heteroatoms. The van der Waals surface area contributed by atoms with Crippen LogP contribution >= 0.6 is 0 Å². The van der Waals surface area contributed by atoms with Gasteiger partial charge in [0, 0.05) is 94.5 Å². The predicted molar refractivity (Wildman–Crippen MR) is 215 cm³/mol. The molecule has 0 bridgehead atoms. The van der Waals surface area contributed by atoms with Gasteiger partial charge in [0.2, 0.25) is 11.9 Å². The van der Waals surface area contributed by atoms with E-state index in [0.717, 1.165) is 69.4 Å². The van der Waals surface area contributed by atoms with Crippen LogP contribution < -0.4 is 30.9 Å². The molecule has 2 saturated heterocycles. The van der Waals surface area contributed by atoms with Gasteiger partial charge in [0.05, 0.1) is 0 Å². The molecule has 4 N–H and O–H groups in total. The second kappa shape index (κ2) is 17.9. The number of ether oxygens (including phenoxy) is 1. The SMILES string of the molecule is CN(C)C(=O)C1=CC2=CNC(Nc3ccc(C(=O)NCCCCN4CCN(C(=O)COc5ccc(N6CCC(=O)NC6=O)cc5)CC4)cc3)=NC2N1C1CCCC1. The second-order valence-corrected chi connectivity index (χ2v) is 15.1. The molecule has 1 unspecified atom stereocenters. The fraction of sp³-hybridized carbons (Fsp3) is 0.463. The molecular formula is C41H52N10O6. The molecule has 1 saturated carbocycles. The second-order valence-electron chi connectivity index (χ2n) is 15.1. The number of piperazine rings is 1. The minimum absolute atomic E-state index is 0.0155. The number of likely N-dealkylation sites (N-methyl/N-ethyl adjacent to an activating group) is 1. The number of amides is 6. The molecule has 1 aliphatic carbocycles. The molecule has 57 heavy (non-hydrogen) atoms. The monoisotopic (exact) mass is 780 g/mol. The highest BCUT2D eigenvalue weighted by atomic mass is 16.5. The van der Waals surface area contributed by atoms with Gasteiger partial charge in [-0.15, -0.1) is 0 Å². The van der Waals surface area contributed by atoms with Crippen molar-refractivity contribution in [3.05, 3.63) is 77.6 Å². The Bertz CT molecular complexity index is 1910. The van der Waals surface area contributed by atoms with Crippen LogP contribution in [0.15, 0.2) is 77.1 Å². The highest BCUT2D eigenvalue weighted by molar-refractivity contribution is 6.05. The van der Waals surface area contributed by atoms with Crippen molar-refractivity contribution in [1.29, 1.82) is 0 Å². The average molecular weight is 781 g/mol. The highest BCUT2D eigenvalue weighted by Gasteiger charge is 2.41.